The van der Waals surface area contributed by atoms with Crippen molar-refractivity contribution in [3.05, 3.63) is 59.7 Å². The fraction of sp³-hybridized carbons (Fsp3) is 0.407. The molecule has 3 atom stereocenters. The van der Waals surface area contributed by atoms with Crippen LogP contribution in [0.15, 0.2) is 53.5 Å². The number of nitrogens with two attached hydrogens (primary N) is 1. The monoisotopic (exact) mass is 586 g/mol. The SMILES string of the molecule is COc1ccc2c(c1)NC(=O)[C@@H](NC(=O)[C@@H](CCCC(F)(F)F)[C@@H](CCC(F)(F)F)C(N)=O)N=C2c1ccccc1. The van der Waals surface area contributed by atoms with Gasteiger partial charge in [0.1, 0.15) is 5.75 Å². The first-order valence-electron chi connectivity index (χ1n) is 12.5. The number of hydrogen-bond acceptors (Lipinski definition) is 5. The van der Waals surface area contributed by atoms with Gasteiger partial charge in [0.25, 0.3) is 5.91 Å². The first-order valence-corrected chi connectivity index (χ1v) is 12.5. The Hall–Kier alpha value is -4.10. The van der Waals surface area contributed by atoms with Crippen LogP contribution < -0.4 is 21.1 Å². The van der Waals surface area contributed by atoms with E-state index >= 15 is 0 Å². The molecule has 3 rings (SSSR count). The zero-order valence-electron chi connectivity index (χ0n) is 21.8. The van der Waals surface area contributed by atoms with Gasteiger partial charge in [0.2, 0.25) is 18.0 Å². The summed E-state index contributed by atoms with van der Waals surface area (Å²) in [5.41, 5.74) is 6.87. The second kappa shape index (κ2) is 13.0. The topological polar surface area (TPSA) is 123 Å². The Morgan fingerprint density at radius 2 is 1.66 bits per heavy atom. The minimum atomic E-state index is -4.70. The van der Waals surface area contributed by atoms with E-state index in [1.54, 1.807) is 42.5 Å². The van der Waals surface area contributed by atoms with Gasteiger partial charge >= 0.3 is 12.4 Å². The number of benzene rings is 2. The van der Waals surface area contributed by atoms with Crippen LogP contribution in [-0.2, 0) is 14.4 Å². The molecule has 0 spiro atoms. The molecule has 3 amide bonds. The lowest BCUT2D eigenvalue weighted by Crippen LogP contribution is -2.48. The van der Waals surface area contributed by atoms with Crippen molar-refractivity contribution in [3.8, 4) is 5.75 Å². The van der Waals surface area contributed by atoms with Crippen LogP contribution in [0.25, 0.3) is 0 Å². The molecule has 1 heterocycles. The van der Waals surface area contributed by atoms with Gasteiger partial charge in [-0.3, -0.25) is 14.4 Å². The van der Waals surface area contributed by atoms with Gasteiger partial charge < -0.3 is 21.1 Å². The van der Waals surface area contributed by atoms with E-state index in [0.29, 0.717) is 16.9 Å². The highest BCUT2D eigenvalue weighted by Gasteiger charge is 2.39. The van der Waals surface area contributed by atoms with Crippen LogP contribution in [0.2, 0.25) is 0 Å². The summed E-state index contributed by atoms with van der Waals surface area (Å²) in [6.45, 7) is 0. The van der Waals surface area contributed by atoms with Gasteiger partial charge in [-0.1, -0.05) is 30.3 Å². The molecule has 0 unspecified atom stereocenters. The lowest BCUT2D eigenvalue weighted by atomic mass is 9.83. The molecule has 0 radical (unpaired) electrons. The van der Waals surface area contributed by atoms with Crippen LogP contribution in [0, 0.1) is 11.8 Å². The van der Waals surface area contributed by atoms with Gasteiger partial charge in [-0.05, 0) is 31.4 Å². The zero-order chi connectivity index (χ0) is 30.4. The number of carbonyl (C=O) groups excluding carboxylic acids is 3. The number of primary amides is 1. The van der Waals surface area contributed by atoms with Crippen LogP contribution in [0.1, 0.15) is 43.2 Å². The molecule has 0 fully saturated rings. The van der Waals surface area contributed by atoms with Gasteiger partial charge in [-0.25, -0.2) is 4.99 Å². The Kier molecular flexibility index (Phi) is 10.00. The second-order valence-electron chi connectivity index (χ2n) is 9.43. The summed E-state index contributed by atoms with van der Waals surface area (Å²) in [4.78, 5) is 43.0. The van der Waals surface area contributed by atoms with Gasteiger partial charge in [0, 0.05) is 41.9 Å². The summed E-state index contributed by atoms with van der Waals surface area (Å²) in [6, 6.07) is 13.3. The third kappa shape index (κ3) is 8.95. The van der Waals surface area contributed by atoms with Crippen LogP contribution in [-0.4, -0.2) is 49.1 Å². The molecule has 41 heavy (non-hydrogen) atoms. The van der Waals surface area contributed by atoms with E-state index in [-0.39, 0.29) is 11.4 Å². The molecule has 8 nitrogen and oxygen atoms in total. The number of ether oxygens (including phenoxy) is 1. The molecule has 1 aliphatic rings. The smallest absolute Gasteiger partial charge is 0.389 e. The Labute approximate surface area is 231 Å². The highest BCUT2D eigenvalue weighted by molar-refractivity contribution is 6.20. The summed E-state index contributed by atoms with van der Waals surface area (Å²) in [7, 11) is 1.42. The first kappa shape index (κ1) is 31.4. The maximum atomic E-state index is 13.4. The summed E-state index contributed by atoms with van der Waals surface area (Å²) >= 11 is 0. The van der Waals surface area contributed by atoms with Crippen LogP contribution in [0.5, 0.6) is 5.75 Å². The number of alkyl halides is 6. The van der Waals surface area contributed by atoms with Gasteiger partial charge in [-0.2, -0.15) is 26.3 Å². The average Bonchev–Trinajstić information content (AvgIpc) is 3.02. The van der Waals surface area contributed by atoms with Crippen molar-refractivity contribution < 1.29 is 45.5 Å². The summed E-state index contributed by atoms with van der Waals surface area (Å²) < 4.78 is 82.4. The number of rotatable bonds is 11. The van der Waals surface area contributed by atoms with E-state index in [2.05, 4.69) is 15.6 Å². The number of carbonyl (C=O) groups is 3. The Bertz CT molecular complexity index is 1280. The Morgan fingerprint density at radius 1 is 1.00 bits per heavy atom. The highest BCUT2D eigenvalue weighted by atomic mass is 19.4. The van der Waals surface area contributed by atoms with Crippen LogP contribution >= 0.6 is 0 Å². The molecule has 0 aromatic heterocycles. The third-order valence-corrected chi connectivity index (χ3v) is 6.47. The molecule has 0 aliphatic carbocycles. The molecule has 2 aromatic carbocycles. The minimum absolute atomic E-state index is 0.268. The quantitative estimate of drug-likeness (QED) is 0.330. The maximum absolute atomic E-state index is 13.4. The Balaban J connectivity index is 1.97. The van der Waals surface area contributed by atoms with E-state index in [1.807, 2.05) is 0 Å². The highest BCUT2D eigenvalue weighted by Crippen LogP contribution is 2.32. The molecule has 0 saturated carbocycles. The van der Waals surface area contributed by atoms with Crippen molar-refractivity contribution in [2.45, 2.75) is 50.6 Å². The van der Waals surface area contributed by atoms with E-state index in [4.69, 9.17) is 10.5 Å². The molecule has 0 bridgehead atoms. The number of methoxy groups -OCH3 is 1. The summed E-state index contributed by atoms with van der Waals surface area (Å²) in [5, 5.41) is 4.93. The second-order valence-corrected chi connectivity index (χ2v) is 9.43. The molecule has 1 aliphatic heterocycles. The number of hydrogen-bond donors (Lipinski definition) is 3. The van der Waals surface area contributed by atoms with Crippen molar-refractivity contribution in [1.29, 1.82) is 0 Å². The number of fused-ring (bicyclic) bond motifs is 1. The van der Waals surface area contributed by atoms with Crippen molar-refractivity contribution in [2.24, 2.45) is 22.6 Å². The van der Waals surface area contributed by atoms with Crippen molar-refractivity contribution in [3.63, 3.8) is 0 Å². The lowest BCUT2D eigenvalue weighted by molar-refractivity contribution is -0.147. The number of amides is 3. The van der Waals surface area contributed by atoms with Crippen molar-refractivity contribution in [2.75, 3.05) is 12.4 Å². The first-order chi connectivity index (χ1) is 19.2. The predicted octanol–water partition coefficient (Wildman–Crippen LogP) is 4.72. The number of halogens is 6. The maximum Gasteiger partial charge on any atom is 0.389 e. The molecule has 4 N–H and O–H groups in total. The molecule has 2 aromatic rings. The predicted molar refractivity (Wildman–Crippen MR) is 137 cm³/mol. The van der Waals surface area contributed by atoms with Crippen LogP contribution in [0.3, 0.4) is 0 Å². The average molecular weight is 587 g/mol. The zero-order valence-corrected chi connectivity index (χ0v) is 21.8. The van der Waals surface area contributed by atoms with Gasteiger partial charge in [0.05, 0.1) is 18.5 Å². The molecular weight excluding hydrogens is 558 g/mol. The number of benzodiazepines with no additional fused rings is 1. The number of nitrogens with zero attached hydrogens (tertiary/aromatic N) is 1. The largest absolute Gasteiger partial charge is 0.497 e. The molecule has 222 valence electrons. The van der Waals surface area contributed by atoms with Gasteiger partial charge in [-0.15, -0.1) is 0 Å². The molecular formula is C27H28F6N4O4. The van der Waals surface area contributed by atoms with E-state index in [9.17, 15) is 40.7 Å². The third-order valence-electron chi connectivity index (χ3n) is 6.47. The summed E-state index contributed by atoms with van der Waals surface area (Å²) in [6.07, 6.45) is -15.9. The van der Waals surface area contributed by atoms with E-state index in [1.165, 1.54) is 13.2 Å². The molecule has 14 heteroatoms. The van der Waals surface area contributed by atoms with Crippen molar-refractivity contribution in [1.82, 2.24) is 5.32 Å². The van der Waals surface area contributed by atoms with E-state index < -0.39 is 80.2 Å². The number of nitrogens with one attached hydrogen (secondary N) is 2. The summed E-state index contributed by atoms with van der Waals surface area (Å²) in [5.74, 6) is -6.25. The fourth-order valence-corrected chi connectivity index (χ4v) is 4.48. The van der Waals surface area contributed by atoms with Gasteiger partial charge in [0.15, 0.2) is 0 Å². The standard InChI is InChI=1S/C27H28F6N4O4/c1-41-16-9-10-19-20(14-16)35-25(40)23(36-21(19)15-6-3-2-4-7-15)37-24(39)18(8-5-12-26(28,29)30)17(22(34)38)11-13-27(31,32)33/h2-4,6-7,9-10,14,17-18,23H,5,8,11-13H2,1H3,(H2,34,38)(H,35,40)(H,37,39)/t17-,18+,23-/m1/s1. The van der Waals surface area contributed by atoms with E-state index in [0.717, 1.165) is 0 Å². The van der Waals surface area contributed by atoms with Crippen molar-refractivity contribution >= 4 is 29.1 Å². The lowest BCUT2D eigenvalue weighted by Gasteiger charge is -2.26. The minimum Gasteiger partial charge on any atom is -0.497 e. The number of anilines is 1. The fourth-order valence-electron chi connectivity index (χ4n) is 4.48. The number of aliphatic imine (C=N–C) groups is 1. The molecule has 0 saturated heterocycles. The normalized spacial score (nSPS) is 16.9. The van der Waals surface area contributed by atoms with Crippen LogP contribution in [0.4, 0.5) is 32.0 Å². The Morgan fingerprint density at radius 3 is 2.24 bits per heavy atom.